The predicted octanol–water partition coefficient (Wildman–Crippen LogP) is 1.16. The zero-order chi connectivity index (χ0) is 13.3. The molecule has 6 heteroatoms. The first-order valence-corrected chi connectivity index (χ1v) is 7.33. The van der Waals surface area contributed by atoms with Gasteiger partial charge >= 0.3 is 5.97 Å². The average molecular weight is 269 g/mol. The number of sulfonamides is 1. The van der Waals surface area contributed by atoms with E-state index in [2.05, 4.69) is 0 Å². The van der Waals surface area contributed by atoms with Crippen molar-refractivity contribution >= 4 is 21.7 Å². The van der Waals surface area contributed by atoms with Crippen LogP contribution in [-0.4, -0.2) is 31.8 Å². The molecule has 98 valence electrons. The second-order valence-corrected chi connectivity index (χ2v) is 6.30. The fraction of sp³-hybridized carbons (Fsp3) is 0.417. The summed E-state index contributed by atoms with van der Waals surface area (Å²) < 4.78 is 25.4. The monoisotopic (exact) mass is 269 g/mol. The van der Waals surface area contributed by atoms with Gasteiger partial charge in [0.25, 0.3) is 0 Å². The third-order valence-corrected chi connectivity index (χ3v) is 4.67. The lowest BCUT2D eigenvalue weighted by Gasteiger charge is -2.31. The molecule has 1 aliphatic heterocycles. The van der Waals surface area contributed by atoms with Crippen LogP contribution in [0.5, 0.6) is 0 Å². The molecule has 0 fully saturated rings. The number of carboxylic acid groups (broad SMARTS) is 1. The normalized spacial score (nSPS) is 15.3. The summed E-state index contributed by atoms with van der Waals surface area (Å²) in [6, 6.07) is 5.62. The average Bonchev–Trinajstić information content (AvgIpc) is 2.27. The molecule has 0 saturated carbocycles. The van der Waals surface area contributed by atoms with Crippen LogP contribution in [0.15, 0.2) is 18.2 Å². The van der Waals surface area contributed by atoms with Gasteiger partial charge in [-0.1, -0.05) is 18.2 Å². The fourth-order valence-corrected chi connectivity index (χ4v) is 3.73. The maximum Gasteiger partial charge on any atom is 0.320 e. The van der Waals surface area contributed by atoms with Crippen molar-refractivity contribution < 1.29 is 18.3 Å². The smallest absolute Gasteiger partial charge is 0.320 e. The first-order chi connectivity index (χ1) is 8.42. The van der Waals surface area contributed by atoms with Crippen molar-refractivity contribution in [3.8, 4) is 0 Å². The standard InChI is InChI=1S/C12H15NO4S/c1-9-4-2-5-10-6-3-7-13(12(9)10)18(16,17)8-11(14)15/h2,4-5H,3,6-8H2,1H3,(H,14,15). The van der Waals surface area contributed by atoms with Crippen LogP contribution in [0.3, 0.4) is 0 Å². The summed E-state index contributed by atoms with van der Waals surface area (Å²) in [4.78, 5) is 10.6. The van der Waals surface area contributed by atoms with Crippen LogP contribution in [-0.2, 0) is 21.2 Å². The maximum atomic E-state index is 12.1. The summed E-state index contributed by atoms with van der Waals surface area (Å²) in [6.07, 6.45) is 1.55. The topological polar surface area (TPSA) is 74.7 Å². The first kappa shape index (κ1) is 12.9. The molecule has 18 heavy (non-hydrogen) atoms. The number of para-hydroxylation sites is 1. The zero-order valence-corrected chi connectivity index (χ0v) is 10.9. The molecule has 1 aromatic carbocycles. The highest BCUT2D eigenvalue weighted by Crippen LogP contribution is 2.32. The van der Waals surface area contributed by atoms with Gasteiger partial charge in [0.05, 0.1) is 5.69 Å². The van der Waals surface area contributed by atoms with Crippen molar-refractivity contribution in [2.24, 2.45) is 0 Å². The van der Waals surface area contributed by atoms with Gasteiger partial charge in [-0.25, -0.2) is 8.42 Å². The molecule has 5 nitrogen and oxygen atoms in total. The van der Waals surface area contributed by atoms with Crippen LogP contribution in [0.1, 0.15) is 17.5 Å². The number of aliphatic carboxylic acids is 1. The summed E-state index contributed by atoms with van der Waals surface area (Å²) in [5.41, 5.74) is 2.49. The largest absolute Gasteiger partial charge is 0.480 e. The highest BCUT2D eigenvalue weighted by atomic mass is 32.2. The van der Waals surface area contributed by atoms with Crippen LogP contribution < -0.4 is 4.31 Å². The molecular formula is C12H15NO4S. The highest BCUT2D eigenvalue weighted by molar-refractivity contribution is 7.93. The Morgan fingerprint density at radius 3 is 2.83 bits per heavy atom. The Balaban J connectivity index is 2.48. The molecule has 2 rings (SSSR count). The Kier molecular flexibility index (Phi) is 3.30. The number of carboxylic acids is 1. The van der Waals surface area contributed by atoms with E-state index in [1.54, 1.807) is 0 Å². The molecule has 0 unspecified atom stereocenters. The van der Waals surface area contributed by atoms with E-state index in [0.717, 1.165) is 24.0 Å². The summed E-state index contributed by atoms with van der Waals surface area (Å²) in [6.45, 7) is 2.20. The number of hydrogen-bond acceptors (Lipinski definition) is 3. The number of nitrogens with zero attached hydrogens (tertiary/aromatic N) is 1. The van der Waals surface area contributed by atoms with Gasteiger partial charge in [0.2, 0.25) is 10.0 Å². The Morgan fingerprint density at radius 1 is 1.44 bits per heavy atom. The number of rotatable bonds is 3. The molecule has 1 aromatic rings. The third kappa shape index (κ3) is 2.33. The SMILES string of the molecule is Cc1cccc2c1N(S(=O)(=O)CC(=O)O)CCC2. The molecule has 1 heterocycles. The van der Waals surface area contributed by atoms with Gasteiger partial charge in [-0.2, -0.15) is 0 Å². The molecule has 0 saturated heterocycles. The number of anilines is 1. The van der Waals surface area contributed by atoms with E-state index in [9.17, 15) is 13.2 Å². The molecule has 1 N–H and O–H groups in total. The van der Waals surface area contributed by atoms with Crippen LogP contribution >= 0.6 is 0 Å². The van der Waals surface area contributed by atoms with Gasteiger partial charge in [0.15, 0.2) is 5.75 Å². The summed E-state index contributed by atoms with van der Waals surface area (Å²) in [5, 5.41) is 8.69. The van der Waals surface area contributed by atoms with Gasteiger partial charge in [0, 0.05) is 6.54 Å². The van der Waals surface area contributed by atoms with Crippen LogP contribution in [0, 0.1) is 6.92 Å². The quantitative estimate of drug-likeness (QED) is 0.893. The van der Waals surface area contributed by atoms with E-state index in [1.807, 2.05) is 25.1 Å². The molecule has 0 atom stereocenters. The minimum absolute atomic E-state index is 0.355. The Labute approximate surface area is 106 Å². The van der Waals surface area contributed by atoms with Crippen molar-refractivity contribution in [3.05, 3.63) is 29.3 Å². The lowest BCUT2D eigenvalue weighted by Crippen LogP contribution is -2.39. The van der Waals surface area contributed by atoms with Crippen molar-refractivity contribution in [2.45, 2.75) is 19.8 Å². The fourth-order valence-electron chi connectivity index (χ4n) is 2.32. The van der Waals surface area contributed by atoms with Gasteiger partial charge in [-0.3, -0.25) is 9.10 Å². The van der Waals surface area contributed by atoms with Gasteiger partial charge in [-0.05, 0) is 30.9 Å². The minimum Gasteiger partial charge on any atom is -0.480 e. The number of aryl methyl sites for hydroxylation is 2. The molecule has 1 aliphatic rings. The van der Waals surface area contributed by atoms with Crippen LogP contribution in [0.4, 0.5) is 5.69 Å². The summed E-state index contributed by atoms with van der Waals surface area (Å²) in [7, 11) is -3.78. The Hall–Kier alpha value is -1.56. The number of benzene rings is 1. The van der Waals surface area contributed by atoms with Crippen molar-refractivity contribution in [2.75, 3.05) is 16.6 Å². The summed E-state index contributed by atoms with van der Waals surface area (Å²) in [5.74, 6) is -2.18. The molecule has 0 radical (unpaired) electrons. The second kappa shape index (κ2) is 4.61. The van der Waals surface area contributed by atoms with E-state index in [-0.39, 0.29) is 0 Å². The van der Waals surface area contributed by atoms with E-state index < -0.39 is 21.7 Å². The lowest BCUT2D eigenvalue weighted by molar-refractivity contribution is -0.134. The van der Waals surface area contributed by atoms with E-state index in [4.69, 9.17) is 5.11 Å². The Morgan fingerprint density at radius 2 is 2.17 bits per heavy atom. The van der Waals surface area contributed by atoms with E-state index in [1.165, 1.54) is 4.31 Å². The van der Waals surface area contributed by atoms with Gasteiger partial charge < -0.3 is 5.11 Å². The third-order valence-electron chi connectivity index (χ3n) is 3.02. The van der Waals surface area contributed by atoms with Crippen molar-refractivity contribution in [1.82, 2.24) is 0 Å². The van der Waals surface area contributed by atoms with Crippen molar-refractivity contribution in [1.29, 1.82) is 0 Å². The minimum atomic E-state index is -3.78. The Bertz CT molecular complexity index is 580. The van der Waals surface area contributed by atoms with Gasteiger partial charge in [-0.15, -0.1) is 0 Å². The maximum absolute atomic E-state index is 12.1. The summed E-state index contributed by atoms with van der Waals surface area (Å²) >= 11 is 0. The molecular weight excluding hydrogens is 254 g/mol. The van der Waals surface area contributed by atoms with E-state index >= 15 is 0 Å². The number of fused-ring (bicyclic) bond motifs is 1. The second-order valence-electron chi connectivity index (χ2n) is 4.41. The predicted molar refractivity (Wildman–Crippen MR) is 68.3 cm³/mol. The molecule has 0 amide bonds. The highest BCUT2D eigenvalue weighted by Gasteiger charge is 2.30. The lowest BCUT2D eigenvalue weighted by atomic mass is 10.0. The van der Waals surface area contributed by atoms with Crippen molar-refractivity contribution in [3.63, 3.8) is 0 Å². The molecule has 0 aromatic heterocycles. The van der Waals surface area contributed by atoms with Crippen LogP contribution in [0.25, 0.3) is 0 Å². The molecule has 0 aliphatic carbocycles. The van der Waals surface area contributed by atoms with Crippen LogP contribution in [0.2, 0.25) is 0 Å². The van der Waals surface area contributed by atoms with Gasteiger partial charge in [0.1, 0.15) is 0 Å². The number of hydrogen-bond donors (Lipinski definition) is 1. The molecule has 0 spiro atoms. The first-order valence-electron chi connectivity index (χ1n) is 5.72. The van der Waals surface area contributed by atoms with E-state index in [0.29, 0.717) is 12.2 Å². The molecule has 0 bridgehead atoms. The zero-order valence-electron chi connectivity index (χ0n) is 10.1. The number of carbonyl (C=O) groups is 1.